The lowest BCUT2D eigenvalue weighted by Crippen LogP contribution is -2.41. The molecule has 0 spiro atoms. The van der Waals surface area contributed by atoms with Gasteiger partial charge in [0.15, 0.2) is 9.84 Å². The summed E-state index contributed by atoms with van der Waals surface area (Å²) in [5.74, 6) is 1.32. The summed E-state index contributed by atoms with van der Waals surface area (Å²) in [6.45, 7) is 0.811. The number of nitrogens with zero attached hydrogens (tertiary/aromatic N) is 3. The average molecular weight is 378 g/mol. The van der Waals surface area contributed by atoms with Gasteiger partial charge >= 0.3 is 0 Å². The molecule has 1 aromatic carbocycles. The first-order valence-corrected chi connectivity index (χ1v) is 10.8. The number of aromatic nitrogens is 2. The second kappa shape index (κ2) is 7.75. The summed E-state index contributed by atoms with van der Waals surface area (Å²) in [5, 5.41) is 2.91. The maximum atomic E-state index is 12.1. The zero-order chi connectivity index (χ0) is 18.7. The number of hydrogen-bond donors (Lipinski definition) is 1. The van der Waals surface area contributed by atoms with E-state index in [0.717, 1.165) is 29.7 Å². The zero-order valence-corrected chi connectivity index (χ0v) is 16.1. The van der Waals surface area contributed by atoms with Crippen molar-refractivity contribution >= 4 is 26.8 Å². The Bertz CT molecular complexity index is 891. The number of aryl methyl sites for hydroxylation is 2. The summed E-state index contributed by atoms with van der Waals surface area (Å²) in [4.78, 5) is 18.5. The van der Waals surface area contributed by atoms with Crippen LogP contribution in [-0.2, 0) is 28.1 Å². The van der Waals surface area contributed by atoms with Crippen LogP contribution >= 0.6 is 0 Å². The molecule has 0 bridgehead atoms. The van der Waals surface area contributed by atoms with Gasteiger partial charge in [0.25, 0.3) is 0 Å². The Kier molecular flexibility index (Phi) is 5.62. The Morgan fingerprint density at radius 2 is 2.15 bits per heavy atom. The van der Waals surface area contributed by atoms with Crippen LogP contribution in [0.3, 0.4) is 0 Å². The molecule has 1 saturated heterocycles. The van der Waals surface area contributed by atoms with E-state index < -0.39 is 9.84 Å². The molecule has 2 heterocycles. The maximum absolute atomic E-state index is 12.1. The van der Waals surface area contributed by atoms with Gasteiger partial charge in [0.05, 0.1) is 29.1 Å². The Labute approximate surface area is 154 Å². The third-order valence-electron chi connectivity index (χ3n) is 5.00. The number of likely N-dealkylation sites (N-methyl/N-ethyl adjacent to an activating group) is 1. The molecule has 142 valence electrons. The van der Waals surface area contributed by atoms with Gasteiger partial charge in [-0.05, 0) is 32.0 Å². The standard InChI is InChI=1S/C18H26N4O3S/c1-21(14-9-11-26(24,25)13-14)12-18(23)19-10-5-8-17-20-15-6-3-4-7-16(15)22(17)2/h3-4,6-7,14H,5,8-13H2,1-2H3,(H,19,23). The van der Waals surface area contributed by atoms with E-state index in [9.17, 15) is 13.2 Å². The average Bonchev–Trinajstić information content (AvgIpc) is 3.12. The molecule has 1 aliphatic heterocycles. The van der Waals surface area contributed by atoms with Crippen molar-refractivity contribution in [2.24, 2.45) is 7.05 Å². The Morgan fingerprint density at radius 1 is 1.38 bits per heavy atom. The van der Waals surface area contributed by atoms with Crippen LogP contribution in [0.25, 0.3) is 11.0 Å². The van der Waals surface area contributed by atoms with Crippen LogP contribution < -0.4 is 5.32 Å². The molecule has 1 atom stereocenters. The normalized spacial score (nSPS) is 19.3. The number of benzene rings is 1. The summed E-state index contributed by atoms with van der Waals surface area (Å²) in [5.41, 5.74) is 2.10. The van der Waals surface area contributed by atoms with Gasteiger partial charge in [-0.1, -0.05) is 12.1 Å². The van der Waals surface area contributed by atoms with Crippen LogP contribution in [0.1, 0.15) is 18.7 Å². The highest BCUT2D eigenvalue weighted by atomic mass is 32.2. The van der Waals surface area contributed by atoms with Crippen molar-refractivity contribution in [1.29, 1.82) is 0 Å². The number of para-hydroxylation sites is 2. The molecule has 0 radical (unpaired) electrons. The molecule has 1 N–H and O–H groups in total. The molecule has 1 fully saturated rings. The second-order valence-corrected chi connectivity index (χ2v) is 9.23. The molecule has 2 aromatic rings. The molecular weight excluding hydrogens is 352 g/mol. The highest BCUT2D eigenvalue weighted by molar-refractivity contribution is 7.91. The quantitative estimate of drug-likeness (QED) is 0.719. The first-order valence-electron chi connectivity index (χ1n) is 8.93. The number of sulfone groups is 1. The van der Waals surface area contributed by atoms with Crippen LogP contribution in [0, 0.1) is 0 Å². The summed E-state index contributed by atoms with van der Waals surface area (Å²) in [6, 6.07) is 7.98. The van der Waals surface area contributed by atoms with E-state index in [1.807, 2.05) is 43.3 Å². The first-order chi connectivity index (χ1) is 12.4. The summed E-state index contributed by atoms with van der Waals surface area (Å²) < 4.78 is 25.2. The van der Waals surface area contributed by atoms with E-state index in [2.05, 4.69) is 14.9 Å². The van der Waals surface area contributed by atoms with Gasteiger partial charge in [0.1, 0.15) is 5.82 Å². The molecule has 3 rings (SSSR count). The van der Waals surface area contributed by atoms with E-state index in [1.54, 1.807) is 0 Å². The number of nitrogens with one attached hydrogen (secondary N) is 1. The molecule has 1 unspecified atom stereocenters. The predicted octanol–water partition coefficient (Wildman–Crippen LogP) is 0.741. The lowest BCUT2D eigenvalue weighted by Gasteiger charge is -2.22. The van der Waals surface area contributed by atoms with Crippen LogP contribution in [0.2, 0.25) is 0 Å². The number of carbonyl (C=O) groups excluding carboxylic acids is 1. The van der Waals surface area contributed by atoms with Crippen LogP contribution in [0.4, 0.5) is 0 Å². The number of amides is 1. The third kappa shape index (κ3) is 4.42. The van der Waals surface area contributed by atoms with Gasteiger partial charge in [0.2, 0.25) is 5.91 Å². The number of fused-ring (bicyclic) bond motifs is 1. The Hall–Kier alpha value is -1.93. The lowest BCUT2D eigenvalue weighted by molar-refractivity contribution is -0.122. The van der Waals surface area contributed by atoms with E-state index in [-0.39, 0.29) is 30.0 Å². The molecule has 8 heteroatoms. The first kappa shape index (κ1) is 18.8. The predicted molar refractivity (Wildman–Crippen MR) is 102 cm³/mol. The molecule has 7 nitrogen and oxygen atoms in total. The van der Waals surface area contributed by atoms with Crippen molar-refractivity contribution in [2.75, 3.05) is 31.6 Å². The fraction of sp³-hybridized carbons (Fsp3) is 0.556. The maximum Gasteiger partial charge on any atom is 0.234 e. The van der Waals surface area contributed by atoms with Gasteiger partial charge in [-0.3, -0.25) is 9.69 Å². The van der Waals surface area contributed by atoms with Gasteiger partial charge in [0, 0.05) is 26.1 Å². The fourth-order valence-electron chi connectivity index (χ4n) is 3.43. The van der Waals surface area contributed by atoms with E-state index in [1.165, 1.54) is 0 Å². The monoisotopic (exact) mass is 378 g/mol. The second-order valence-electron chi connectivity index (χ2n) is 7.00. The minimum atomic E-state index is -2.93. The highest BCUT2D eigenvalue weighted by Gasteiger charge is 2.31. The molecule has 26 heavy (non-hydrogen) atoms. The summed E-state index contributed by atoms with van der Waals surface area (Å²) >= 11 is 0. The number of carbonyl (C=O) groups is 1. The number of hydrogen-bond acceptors (Lipinski definition) is 5. The molecule has 0 saturated carbocycles. The lowest BCUT2D eigenvalue weighted by atomic mass is 10.2. The topological polar surface area (TPSA) is 84.3 Å². The largest absolute Gasteiger partial charge is 0.355 e. The molecule has 1 aliphatic rings. The van der Waals surface area contributed by atoms with E-state index in [4.69, 9.17) is 0 Å². The molecular formula is C18H26N4O3S. The van der Waals surface area contributed by atoms with E-state index in [0.29, 0.717) is 13.0 Å². The van der Waals surface area contributed by atoms with Crippen molar-refractivity contribution in [3.05, 3.63) is 30.1 Å². The van der Waals surface area contributed by atoms with Crippen LogP contribution in [0.15, 0.2) is 24.3 Å². The number of rotatable bonds is 7. The zero-order valence-electron chi connectivity index (χ0n) is 15.3. The van der Waals surface area contributed by atoms with Gasteiger partial charge < -0.3 is 9.88 Å². The third-order valence-corrected chi connectivity index (χ3v) is 6.75. The molecule has 0 aliphatic carbocycles. The highest BCUT2D eigenvalue weighted by Crippen LogP contribution is 2.16. The number of imidazole rings is 1. The van der Waals surface area contributed by atoms with Crippen molar-refractivity contribution in [2.45, 2.75) is 25.3 Å². The minimum absolute atomic E-state index is 0.0502. The Morgan fingerprint density at radius 3 is 2.85 bits per heavy atom. The van der Waals surface area contributed by atoms with Crippen molar-refractivity contribution < 1.29 is 13.2 Å². The van der Waals surface area contributed by atoms with Crippen molar-refractivity contribution in [1.82, 2.24) is 19.8 Å². The van der Waals surface area contributed by atoms with Gasteiger partial charge in [-0.2, -0.15) is 0 Å². The van der Waals surface area contributed by atoms with Crippen molar-refractivity contribution in [3.63, 3.8) is 0 Å². The fourth-order valence-corrected chi connectivity index (χ4v) is 5.23. The summed E-state index contributed by atoms with van der Waals surface area (Å²) in [7, 11) is 0.892. The molecule has 1 aromatic heterocycles. The van der Waals surface area contributed by atoms with Crippen LogP contribution in [-0.4, -0.2) is 66.5 Å². The van der Waals surface area contributed by atoms with E-state index >= 15 is 0 Å². The minimum Gasteiger partial charge on any atom is -0.355 e. The van der Waals surface area contributed by atoms with Crippen LogP contribution in [0.5, 0.6) is 0 Å². The Balaban J connectivity index is 1.41. The van der Waals surface area contributed by atoms with Gasteiger partial charge in [-0.15, -0.1) is 0 Å². The van der Waals surface area contributed by atoms with Crippen molar-refractivity contribution in [3.8, 4) is 0 Å². The summed E-state index contributed by atoms with van der Waals surface area (Å²) in [6.07, 6.45) is 2.21. The smallest absolute Gasteiger partial charge is 0.234 e. The van der Waals surface area contributed by atoms with Gasteiger partial charge in [-0.25, -0.2) is 13.4 Å². The molecule has 1 amide bonds. The SMILES string of the molecule is CN(CC(=O)NCCCc1nc2ccccc2n1C)C1CCS(=O)(=O)C1.